The van der Waals surface area contributed by atoms with E-state index in [-0.39, 0.29) is 42.6 Å². The second kappa shape index (κ2) is 8.26. The van der Waals surface area contributed by atoms with E-state index < -0.39 is 12.0 Å². The summed E-state index contributed by atoms with van der Waals surface area (Å²) in [5, 5.41) is 12.9. The molecule has 3 N–H and O–H groups in total. The number of aromatic nitrogens is 4. The van der Waals surface area contributed by atoms with Gasteiger partial charge in [0.15, 0.2) is 5.84 Å². The number of azo groups is 1. The lowest BCUT2D eigenvalue weighted by Crippen LogP contribution is -2.25. The molecule has 5 rings (SSSR count). The Morgan fingerprint density at radius 1 is 1.27 bits per heavy atom. The van der Waals surface area contributed by atoms with Gasteiger partial charge in [-0.05, 0) is 31.9 Å². The minimum atomic E-state index is -0.653. The SMILES string of the molecule is CCOC(=O)Nc1nc2c(C3=NCC(=O)N=N3)cc(-n3cnc(C(=O)NC4CC4)c3)cc2[nH]1. The summed E-state index contributed by atoms with van der Waals surface area (Å²) in [5.74, 6) is -0.286. The number of amidine groups is 1. The molecule has 0 unspecified atom stereocenters. The summed E-state index contributed by atoms with van der Waals surface area (Å²) in [7, 11) is 0. The average Bonchev–Trinajstić information content (AvgIpc) is 3.30. The summed E-state index contributed by atoms with van der Waals surface area (Å²) in [6.07, 6.45) is 4.44. The third-order valence-corrected chi connectivity index (χ3v) is 4.95. The van der Waals surface area contributed by atoms with Crippen molar-refractivity contribution < 1.29 is 19.1 Å². The minimum absolute atomic E-state index is 0.126. The molecule has 1 aliphatic heterocycles. The number of hydrogen-bond acceptors (Lipinski definition) is 8. The quantitative estimate of drug-likeness (QED) is 0.519. The van der Waals surface area contributed by atoms with E-state index in [2.05, 4.69) is 40.8 Å². The molecule has 3 amide bonds. The normalized spacial score (nSPS) is 15.4. The maximum Gasteiger partial charge on any atom is 0.413 e. The van der Waals surface area contributed by atoms with E-state index in [4.69, 9.17) is 4.74 Å². The van der Waals surface area contributed by atoms with Crippen molar-refractivity contribution in [2.24, 2.45) is 15.2 Å². The summed E-state index contributed by atoms with van der Waals surface area (Å²) in [4.78, 5) is 51.4. The molecule has 1 aliphatic carbocycles. The Bertz CT molecular complexity index is 1330. The van der Waals surface area contributed by atoms with Gasteiger partial charge in [0.25, 0.3) is 11.8 Å². The van der Waals surface area contributed by atoms with Crippen LogP contribution in [0.3, 0.4) is 0 Å². The molecule has 0 spiro atoms. The fourth-order valence-electron chi connectivity index (χ4n) is 3.26. The number of carbonyl (C=O) groups is 3. The van der Waals surface area contributed by atoms with Crippen molar-refractivity contribution in [3.63, 3.8) is 0 Å². The molecule has 1 fully saturated rings. The van der Waals surface area contributed by atoms with Gasteiger partial charge in [-0.1, -0.05) is 0 Å². The van der Waals surface area contributed by atoms with E-state index >= 15 is 0 Å². The van der Waals surface area contributed by atoms with Crippen LogP contribution in [0.5, 0.6) is 0 Å². The molecule has 3 heterocycles. The van der Waals surface area contributed by atoms with Gasteiger partial charge in [-0.15, -0.1) is 10.2 Å². The Morgan fingerprint density at radius 2 is 2.12 bits per heavy atom. The predicted octanol–water partition coefficient (Wildman–Crippen LogP) is 1.95. The first-order chi connectivity index (χ1) is 16.0. The van der Waals surface area contributed by atoms with E-state index in [1.54, 1.807) is 29.8 Å². The van der Waals surface area contributed by atoms with Crippen LogP contribution in [-0.4, -0.2) is 62.5 Å². The molecule has 2 aromatic heterocycles. The molecule has 2 aliphatic rings. The van der Waals surface area contributed by atoms with Gasteiger partial charge in [-0.3, -0.25) is 19.9 Å². The zero-order valence-corrected chi connectivity index (χ0v) is 17.5. The lowest BCUT2D eigenvalue weighted by Gasteiger charge is -2.08. The van der Waals surface area contributed by atoms with E-state index in [1.807, 2.05) is 0 Å². The van der Waals surface area contributed by atoms with Gasteiger partial charge in [-0.2, -0.15) is 0 Å². The molecule has 33 heavy (non-hydrogen) atoms. The number of carbonyl (C=O) groups excluding carboxylic acids is 3. The first-order valence-electron chi connectivity index (χ1n) is 10.3. The van der Waals surface area contributed by atoms with Crippen LogP contribution >= 0.6 is 0 Å². The van der Waals surface area contributed by atoms with Crippen molar-refractivity contribution in [3.8, 4) is 5.69 Å². The van der Waals surface area contributed by atoms with Crippen LogP contribution in [0, 0.1) is 0 Å². The van der Waals surface area contributed by atoms with Crippen LogP contribution < -0.4 is 10.6 Å². The molecular weight excluding hydrogens is 430 g/mol. The number of H-pyrrole nitrogens is 1. The zero-order valence-electron chi connectivity index (χ0n) is 17.5. The number of fused-ring (bicyclic) bond motifs is 1. The zero-order chi connectivity index (χ0) is 22.9. The van der Waals surface area contributed by atoms with Gasteiger partial charge in [0.1, 0.15) is 24.1 Å². The van der Waals surface area contributed by atoms with Crippen molar-refractivity contribution in [1.82, 2.24) is 24.8 Å². The van der Waals surface area contributed by atoms with Crippen LogP contribution in [0.4, 0.5) is 10.7 Å². The highest BCUT2D eigenvalue weighted by Crippen LogP contribution is 2.26. The number of imidazole rings is 2. The van der Waals surface area contributed by atoms with Gasteiger partial charge in [0.05, 0.1) is 17.7 Å². The smallest absolute Gasteiger partial charge is 0.413 e. The predicted molar refractivity (Wildman–Crippen MR) is 116 cm³/mol. The van der Waals surface area contributed by atoms with Crippen LogP contribution in [0.15, 0.2) is 39.9 Å². The van der Waals surface area contributed by atoms with E-state index in [0.717, 1.165) is 12.8 Å². The number of aromatic amines is 1. The molecule has 1 aromatic carbocycles. The lowest BCUT2D eigenvalue weighted by atomic mass is 10.1. The Morgan fingerprint density at radius 3 is 2.85 bits per heavy atom. The molecule has 13 nitrogen and oxygen atoms in total. The summed E-state index contributed by atoms with van der Waals surface area (Å²) >= 11 is 0. The topological polar surface area (TPSA) is 168 Å². The van der Waals surface area contributed by atoms with Gasteiger partial charge < -0.3 is 19.6 Å². The summed E-state index contributed by atoms with van der Waals surface area (Å²) in [5.41, 5.74) is 2.44. The first-order valence-corrected chi connectivity index (χ1v) is 10.3. The van der Waals surface area contributed by atoms with Crippen LogP contribution in [-0.2, 0) is 9.53 Å². The Hall–Kier alpha value is -4.42. The van der Waals surface area contributed by atoms with Crippen molar-refractivity contribution >= 4 is 40.7 Å². The number of ether oxygens (including phenoxy) is 1. The molecule has 1 saturated carbocycles. The number of anilines is 1. The number of rotatable bonds is 6. The molecule has 168 valence electrons. The Kier molecular flexibility index (Phi) is 5.12. The van der Waals surface area contributed by atoms with E-state index in [0.29, 0.717) is 22.3 Å². The average molecular weight is 449 g/mol. The second-order valence-corrected chi connectivity index (χ2v) is 7.47. The van der Waals surface area contributed by atoms with Gasteiger partial charge in [-0.25, -0.2) is 14.8 Å². The molecular formula is C20H19N9O4. The number of amides is 3. The number of nitrogens with one attached hydrogen (secondary N) is 3. The molecule has 0 radical (unpaired) electrons. The highest BCUT2D eigenvalue weighted by atomic mass is 16.5. The third-order valence-electron chi connectivity index (χ3n) is 4.95. The molecule has 13 heteroatoms. The minimum Gasteiger partial charge on any atom is -0.450 e. The van der Waals surface area contributed by atoms with Gasteiger partial charge in [0.2, 0.25) is 5.95 Å². The van der Waals surface area contributed by atoms with Crippen LogP contribution in [0.1, 0.15) is 35.8 Å². The Labute approximate surface area is 186 Å². The summed E-state index contributed by atoms with van der Waals surface area (Å²) in [6, 6.07) is 3.74. The number of nitrogens with zero attached hydrogens (tertiary/aromatic N) is 6. The fraction of sp³-hybridized carbons (Fsp3) is 0.300. The van der Waals surface area contributed by atoms with E-state index in [1.165, 1.54) is 6.33 Å². The maximum absolute atomic E-state index is 12.3. The van der Waals surface area contributed by atoms with Crippen molar-refractivity contribution in [1.29, 1.82) is 0 Å². The highest BCUT2D eigenvalue weighted by Gasteiger charge is 2.25. The van der Waals surface area contributed by atoms with Crippen molar-refractivity contribution in [2.75, 3.05) is 18.5 Å². The number of aliphatic imine (C=N–C) groups is 1. The molecule has 0 bridgehead atoms. The molecule has 0 saturated heterocycles. The first kappa shape index (κ1) is 20.5. The molecule has 3 aromatic rings. The van der Waals surface area contributed by atoms with Crippen molar-refractivity contribution in [3.05, 3.63) is 35.9 Å². The van der Waals surface area contributed by atoms with Gasteiger partial charge >= 0.3 is 6.09 Å². The Balaban J connectivity index is 1.54. The summed E-state index contributed by atoms with van der Waals surface area (Å²) < 4.78 is 6.57. The van der Waals surface area contributed by atoms with E-state index in [9.17, 15) is 14.4 Å². The lowest BCUT2D eigenvalue weighted by molar-refractivity contribution is -0.117. The highest BCUT2D eigenvalue weighted by molar-refractivity contribution is 6.11. The third kappa shape index (κ3) is 4.33. The number of hydrogen-bond donors (Lipinski definition) is 3. The maximum atomic E-state index is 12.3. The summed E-state index contributed by atoms with van der Waals surface area (Å²) in [6.45, 7) is 1.78. The largest absolute Gasteiger partial charge is 0.450 e. The molecule has 0 atom stereocenters. The van der Waals surface area contributed by atoms with Crippen molar-refractivity contribution in [2.45, 2.75) is 25.8 Å². The number of benzene rings is 1. The fourth-order valence-corrected chi connectivity index (χ4v) is 3.26. The van der Waals surface area contributed by atoms with Crippen LogP contribution in [0.25, 0.3) is 16.7 Å². The van der Waals surface area contributed by atoms with Gasteiger partial charge in [0, 0.05) is 17.9 Å². The van der Waals surface area contributed by atoms with Crippen LogP contribution in [0.2, 0.25) is 0 Å². The monoisotopic (exact) mass is 449 g/mol. The standard InChI is InChI=1S/C20H19N9O4/c1-2-33-20(32)26-19-24-13-6-11(29-8-14(22-9-29)18(31)23-10-3-4-10)5-12(16(13)25-19)17-21-7-15(30)27-28-17/h5-6,8-10H,2-4,7H2,1H3,(H,23,31)(H2,24,25,26,32). The second-order valence-electron chi connectivity index (χ2n) is 7.47.